The van der Waals surface area contributed by atoms with Crippen LogP contribution in [0.4, 0.5) is 4.39 Å². The van der Waals surface area contributed by atoms with Gasteiger partial charge in [-0.15, -0.1) is 0 Å². The van der Waals surface area contributed by atoms with Crippen LogP contribution in [0.25, 0.3) is 16.8 Å². The van der Waals surface area contributed by atoms with Crippen molar-refractivity contribution in [3.05, 3.63) is 82.8 Å². The van der Waals surface area contributed by atoms with Crippen LogP contribution in [0, 0.1) is 22.6 Å². The summed E-state index contributed by atoms with van der Waals surface area (Å²) in [6.45, 7) is 0.0404. The van der Waals surface area contributed by atoms with E-state index in [2.05, 4.69) is 16.0 Å². The summed E-state index contributed by atoms with van der Waals surface area (Å²) in [6.07, 6.45) is 6.95. The molecule has 4 aromatic rings. The Morgan fingerprint density at radius 3 is 2.92 bits per heavy atom. The summed E-state index contributed by atoms with van der Waals surface area (Å²) in [7, 11) is 1.98. The van der Waals surface area contributed by atoms with Crippen molar-refractivity contribution >= 4 is 23.1 Å². The molecule has 0 saturated heterocycles. The van der Waals surface area contributed by atoms with Crippen molar-refractivity contribution in [2.45, 2.75) is 38.2 Å². The lowest BCUT2D eigenvalue weighted by atomic mass is 9.83. The van der Waals surface area contributed by atoms with Crippen molar-refractivity contribution in [2.24, 2.45) is 12.5 Å². The molecule has 1 saturated carbocycles. The van der Waals surface area contributed by atoms with Crippen LogP contribution in [0.3, 0.4) is 0 Å². The predicted octanol–water partition coefficient (Wildman–Crippen LogP) is 5.70. The predicted molar refractivity (Wildman–Crippen MR) is 130 cm³/mol. The van der Waals surface area contributed by atoms with Crippen LogP contribution in [-0.2, 0) is 13.7 Å². The molecular weight excluding hydrogens is 459 g/mol. The fraction of sp³-hybridized carbons (Fsp3) is 0.286. The maximum absolute atomic E-state index is 14.2. The summed E-state index contributed by atoms with van der Waals surface area (Å²) in [4.78, 5) is 20.3. The second-order valence-electron chi connectivity index (χ2n) is 9.61. The van der Waals surface area contributed by atoms with Crippen LogP contribution >= 0.6 is 0 Å². The van der Waals surface area contributed by atoms with Gasteiger partial charge in [0.1, 0.15) is 23.8 Å². The van der Waals surface area contributed by atoms with Crippen LogP contribution < -0.4 is 4.74 Å². The molecule has 3 aromatic heterocycles. The number of imidazole rings is 1. The molecule has 0 aliphatic heterocycles. The van der Waals surface area contributed by atoms with E-state index in [1.807, 2.05) is 29.8 Å². The average Bonchev–Trinajstić information content (AvgIpc) is 3.27. The zero-order valence-electron chi connectivity index (χ0n) is 19.7. The van der Waals surface area contributed by atoms with Crippen LogP contribution in [0.15, 0.2) is 53.0 Å². The number of halogens is 1. The lowest BCUT2D eigenvalue weighted by molar-refractivity contribution is 0.110. The number of carbonyl (C=O) groups is 1. The normalized spacial score (nSPS) is 20.8. The molecule has 0 N–H and O–H groups in total. The fourth-order valence-electron chi connectivity index (χ4n) is 5.30. The lowest BCUT2D eigenvalue weighted by Crippen LogP contribution is -2.11. The smallest absolute Gasteiger partial charge is 0.245 e. The molecular formula is C28H23FN4O3. The van der Waals surface area contributed by atoms with Crippen LogP contribution in [0.1, 0.15) is 64.8 Å². The Balaban J connectivity index is 1.14. The second kappa shape index (κ2) is 8.45. The van der Waals surface area contributed by atoms with Gasteiger partial charge in [-0.05, 0) is 54.9 Å². The molecule has 6 rings (SSSR count). The van der Waals surface area contributed by atoms with Gasteiger partial charge >= 0.3 is 0 Å². The molecule has 0 radical (unpaired) electrons. The molecule has 180 valence electrons. The lowest BCUT2D eigenvalue weighted by Gasteiger charge is -2.22. The van der Waals surface area contributed by atoms with Gasteiger partial charge in [0.05, 0.1) is 17.3 Å². The maximum atomic E-state index is 14.2. The number of pyridine rings is 1. The van der Waals surface area contributed by atoms with Gasteiger partial charge in [-0.2, -0.15) is 10.2 Å². The number of furan rings is 1. The molecule has 2 atom stereocenters. The summed E-state index contributed by atoms with van der Waals surface area (Å²) in [5.41, 5.74) is 4.29. The van der Waals surface area contributed by atoms with E-state index in [0.29, 0.717) is 35.1 Å². The highest BCUT2D eigenvalue weighted by Gasteiger charge is 2.56. The maximum Gasteiger partial charge on any atom is 0.245 e. The number of fused-ring (bicyclic) bond motifs is 1. The number of nitrogens with zero attached hydrogens (tertiary/aromatic N) is 4. The first-order chi connectivity index (χ1) is 17.5. The quantitative estimate of drug-likeness (QED) is 0.327. The van der Waals surface area contributed by atoms with E-state index in [1.54, 1.807) is 24.3 Å². The first-order valence-electron chi connectivity index (χ1n) is 11.9. The van der Waals surface area contributed by atoms with Gasteiger partial charge in [-0.1, -0.05) is 18.2 Å². The number of benzene rings is 1. The largest absolute Gasteiger partial charge is 0.473 e. The Bertz CT molecular complexity index is 1580. The van der Waals surface area contributed by atoms with E-state index in [1.165, 1.54) is 11.6 Å². The summed E-state index contributed by atoms with van der Waals surface area (Å²) in [6, 6.07) is 13.6. The number of carbonyl (C=O) groups excluding carboxylic acids is 1. The second-order valence-corrected chi connectivity index (χ2v) is 9.61. The number of aryl methyl sites for hydroxylation is 1. The summed E-state index contributed by atoms with van der Waals surface area (Å²) >= 11 is 0. The van der Waals surface area contributed by atoms with Crippen LogP contribution in [-0.4, -0.2) is 20.8 Å². The van der Waals surface area contributed by atoms with Crippen LogP contribution in [0.5, 0.6) is 5.88 Å². The highest BCUT2D eigenvalue weighted by molar-refractivity contribution is 5.81. The van der Waals surface area contributed by atoms with Crippen molar-refractivity contribution in [1.82, 2.24) is 14.5 Å². The summed E-state index contributed by atoms with van der Waals surface area (Å²) < 4.78 is 27.5. The molecule has 2 aliphatic rings. The first-order valence-corrected chi connectivity index (χ1v) is 11.9. The molecule has 2 unspecified atom stereocenters. The van der Waals surface area contributed by atoms with E-state index in [0.717, 1.165) is 42.7 Å². The van der Waals surface area contributed by atoms with Gasteiger partial charge in [0.2, 0.25) is 11.6 Å². The number of hydrogen-bond donors (Lipinski definition) is 0. The number of rotatable bonds is 6. The number of allylic oxidation sites excluding steroid dienone is 2. The molecule has 0 amide bonds. The highest BCUT2D eigenvalue weighted by atomic mass is 19.1. The van der Waals surface area contributed by atoms with Crippen molar-refractivity contribution in [2.75, 3.05) is 0 Å². The number of ether oxygens (including phenoxy) is 1. The monoisotopic (exact) mass is 482 g/mol. The van der Waals surface area contributed by atoms with E-state index in [9.17, 15) is 9.18 Å². The average molecular weight is 483 g/mol. The molecule has 3 heterocycles. The zero-order chi connectivity index (χ0) is 24.9. The topological polar surface area (TPSA) is 93.9 Å². The SMILES string of the molecule is Cn1c(C2CC23CC=C(c2cccc(OCc4ccc(C#N)cc4F)n2)CC3)nc2oc(C=O)cc21. The molecule has 0 bridgehead atoms. The van der Waals surface area contributed by atoms with Gasteiger partial charge in [-0.25, -0.2) is 9.37 Å². The Kier molecular flexibility index (Phi) is 5.22. The molecule has 2 aliphatic carbocycles. The van der Waals surface area contributed by atoms with Gasteiger partial charge in [0.25, 0.3) is 0 Å². The van der Waals surface area contributed by atoms with E-state index >= 15 is 0 Å². The Hall–Kier alpha value is -4.25. The highest BCUT2D eigenvalue weighted by Crippen LogP contribution is 2.66. The van der Waals surface area contributed by atoms with Gasteiger partial charge in [0.15, 0.2) is 12.0 Å². The van der Waals surface area contributed by atoms with E-state index in [4.69, 9.17) is 14.4 Å². The van der Waals surface area contributed by atoms with E-state index < -0.39 is 5.82 Å². The minimum Gasteiger partial charge on any atom is -0.473 e. The van der Waals surface area contributed by atoms with Gasteiger partial charge in [-0.3, -0.25) is 4.79 Å². The Morgan fingerprint density at radius 2 is 2.19 bits per heavy atom. The van der Waals surface area contributed by atoms with Crippen LogP contribution in [0.2, 0.25) is 0 Å². The molecule has 1 aromatic carbocycles. The van der Waals surface area contributed by atoms with Crippen molar-refractivity contribution in [3.63, 3.8) is 0 Å². The molecule has 1 fully saturated rings. The standard InChI is InChI=1S/C28H23FN4O3/c1-33-24-12-20(15-34)36-27(24)32-26(33)21-13-28(21)9-7-18(8-10-28)23-3-2-4-25(31-23)35-16-19-6-5-17(14-30)11-22(19)29/h2-7,11-12,15,21H,8-10,13,16H2,1H3. The number of aldehydes is 1. The third-order valence-electron chi connectivity index (χ3n) is 7.51. The number of hydrogen-bond acceptors (Lipinski definition) is 6. The Morgan fingerprint density at radius 1 is 1.31 bits per heavy atom. The van der Waals surface area contributed by atoms with E-state index in [-0.39, 0.29) is 17.6 Å². The fourth-order valence-corrected chi connectivity index (χ4v) is 5.30. The molecule has 36 heavy (non-hydrogen) atoms. The molecule has 8 heteroatoms. The first kappa shape index (κ1) is 22.2. The minimum absolute atomic E-state index is 0.0404. The van der Waals surface area contributed by atoms with Gasteiger partial charge < -0.3 is 13.7 Å². The summed E-state index contributed by atoms with van der Waals surface area (Å²) in [5.74, 6) is 1.65. The third kappa shape index (κ3) is 3.77. The zero-order valence-corrected chi connectivity index (χ0v) is 19.7. The third-order valence-corrected chi connectivity index (χ3v) is 7.51. The Labute approximate surface area is 206 Å². The minimum atomic E-state index is -0.464. The summed E-state index contributed by atoms with van der Waals surface area (Å²) in [5, 5.41) is 8.89. The van der Waals surface area contributed by atoms with Crippen molar-refractivity contribution in [3.8, 4) is 11.9 Å². The van der Waals surface area contributed by atoms with Gasteiger partial charge in [0, 0.05) is 30.7 Å². The number of nitriles is 1. The van der Waals surface area contributed by atoms with Crippen molar-refractivity contribution < 1.29 is 18.3 Å². The molecule has 7 nitrogen and oxygen atoms in total. The molecule has 1 spiro atoms. The van der Waals surface area contributed by atoms with Crippen molar-refractivity contribution in [1.29, 1.82) is 5.26 Å². The number of aromatic nitrogens is 3.